The fourth-order valence-electron chi connectivity index (χ4n) is 3.79. The average molecular weight is 372 g/mol. The summed E-state index contributed by atoms with van der Waals surface area (Å²) in [6.45, 7) is 4.44. The summed E-state index contributed by atoms with van der Waals surface area (Å²) in [4.78, 5) is 0. The molecular weight excluding hydrogens is 344 g/mol. The Morgan fingerprint density at radius 2 is 1.30 bits per heavy atom. The molecule has 0 aromatic heterocycles. The highest BCUT2D eigenvalue weighted by Gasteiger charge is 2.42. The lowest BCUT2D eigenvalue weighted by atomic mass is 9.85. The summed E-state index contributed by atoms with van der Waals surface area (Å²) in [6.07, 6.45) is -0.121. The lowest BCUT2D eigenvalue weighted by Gasteiger charge is -2.20. The molecule has 5 heteroatoms. The third kappa shape index (κ3) is 3.56. The van der Waals surface area contributed by atoms with E-state index in [0.717, 1.165) is 22.6 Å². The van der Waals surface area contributed by atoms with Crippen LogP contribution in [0.4, 0.5) is 0 Å². The Bertz CT molecular complexity index is 788. The molecule has 3 rings (SSSR count). The van der Waals surface area contributed by atoms with E-state index in [1.807, 2.05) is 36.4 Å². The quantitative estimate of drug-likeness (QED) is 0.728. The van der Waals surface area contributed by atoms with Gasteiger partial charge in [0.05, 0.1) is 40.6 Å². The van der Waals surface area contributed by atoms with E-state index < -0.39 is 0 Å². The fourth-order valence-corrected chi connectivity index (χ4v) is 3.79. The third-order valence-electron chi connectivity index (χ3n) is 5.56. The first-order chi connectivity index (χ1) is 13.0. The van der Waals surface area contributed by atoms with E-state index in [2.05, 4.69) is 13.8 Å². The van der Waals surface area contributed by atoms with Crippen LogP contribution in [-0.4, -0.2) is 28.4 Å². The maximum atomic E-state index is 6.54. The van der Waals surface area contributed by atoms with Gasteiger partial charge in [-0.2, -0.15) is 0 Å². The molecule has 2 aromatic carbocycles. The highest BCUT2D eigenvalue weighted by atomic mass is 16.5. The van der Waals surface area contributed by atoms with Crippen molar-refractivity contribution in [3.8, 4) is 23.0 Å². The molecular formula is C22H28O5. The second-order valence-electron chi connectivity index (χ2n) is 6.92. The molecule has 5 nitrogen and oxygen atoms in total. The summed E-state index contributed by atoms with van der Waals surface area (Å²) in [7, 11) is 6.63. The Morgan fingerprint density at radius 3 is 1.93 bits per heavy atom. The van der Waals surface area contributed by atoms with E-state index in [1.165, 1.54) is 0 Å². The molecule has 2 aromatic rings. The maximum absolute atomic E-state index is 6.54. The third-order valence-corrected chi connectivity index (χ3v) is 5.56. The lowest BCUT2D eigenvalue weighted by Crippen LogP contribution is -2.10. The van der Waals surface area contributed by atoms with Crippen molar-refractivity contribution in [2.75, 3.05) is 28.4 Å². The first-order valence-corrected chi connectivity index (χ1v) is 9.13. The van der Waals surface area contributed by atoms with E-state index in [0.29, 0.717) is 23.3 Å². The Balaban J connectivity index is 1.95. The van der Waals surface area contributed by atoms with Crippen molar-refractivity contribution in [2.24, 2.45) is 11.8 Å². The summed E-state index contributed by atoms with van der Waals surface area (Å²) in [5, 5.41) is 0. The molecule has 27 heavy (non-hydrogen) atoms. The second kappa shape index (κ2) is 8.09. The molecule has 4 atom stereocenters. The van der Waals surface area contributed by atoms with Gasteiger partial charge in [-0.15, -0.1) is 0 Å². The first-order valence-electron chi connectivity index (χ1n) is 9.13. The zero-order valence-electron chi connectivity index (χ0n) is 16.8. The second-order valence-corrected chi connectivity index (χ2v) is 6.92. The van der Waals surface area contributed by atoms with E-state index >= 15 is 0 Å². The van der Waals surface area contributed by atoms with Crippen LogP contribution in [0.25, 0.3) is 0 Å². The van der Waals surface area contributed by atoms with E-state index in [4.69, 9.17) is 23.7 Å². The average Bonchev–Trinajstić information content (AvgIpc) is 3.01. The molecule has 0 bridgehead atoms. The molecule has 1 saturated heterocycles. The van der Waals surface area contributed by atoms with Gasteiger partial charge in [-0.3, -0.25) is 0 Å². The number of hydrogen-bond acceptors (Lipinski definition) is 5. The van der Waals surface area contributed by atoms with Crippen molar-refractivity contribution in [2.45, 2.75) is 26.1 Å². The molecule has 1 heterocycles. The molecule has 0 saturated carbocycles. The molecule has 1 aliphatic rings. The van der Waals surface area contributed by atoms with Crippen LogP contribution < -0.4 is 18.9 Å². The van der Waals surface area contributed by atoms with Crippen LogP contribution in [0.1, 0.15) is 37.2 Å². The molecule has 146 valence electrons. The van der Waals surface area contributed by atoms with Gasteiger partial charge in [0.2, 0.25) is 0 Å². The van der Waals surface area contributed by atoms with Crippen LogP contribution >= 0.6 is 0 Å². The summed E-state index contributed by atoms with van der Waals surface area (Å²) in [5.74, 6) is 3.66. The number of methoxy groups -OCH3 is 4. The van der Waals surface area contributed by atoms with Crippen LogP contribution in [-0.2, 0) is 4.74 Å². The van der Waals surface area contributed by atoms with Crippen LogP contribution in [0, 0.1) is 11.8 Å². The summed E-state index contributed by atoms with van der Waals surface area (Å²) >= 11 is 0. The van der Waals surface area contributed by atoms with Gasteiger partial charge in [0.1, 0.15) is 11.5 Å². The Kier molecular flexibility index (Phi) is 5.80. The van der Waals surface area contributed by atoms with Crippen LogP contribution in [0.3, 0.4) is 0 Å². The van der Waals surface area contributed by atoms with Crippen molar-refractivity contribution in [3.05, 3.63) is 47.5 Å². The zero-order valence-corrected chi connectivity index (χ0v) is 16.8. The van der Waals surface area contributed by atoms with Crippen molar-refractivity contribution in [3.63, 3.8) is 0 Å². The van der Waals surface area contributed by atoms with Gasteiger partial charge in [-0.25, -0.2) is 0 Å². The summed E-state index contributed by atoms with van der Waals surface area (Å²) in [6, 6.07) is 11.8. The zero-order chi connectivity index (χ0) is 19.6. The molecule has 0 spiro atoms. The van der Waals surface area contributed by atoms with Crippen LogP contribution in [0.15, 0.2) is 36.4 Å². The van der Waals surface area contributed by atoms with Gasteiger partial charge in [0, 0.05) is 5.56 Å². The van der Waals surface area contributed by atoms with Crippen molar-refractivity contribution in [1.29, 1.82) is 0 Å². The van der Waals surface area contributed by atoms with Crippen LogP contribution in [0.2, 0.25) is 0 Å². The topological polar surface area (TPSA) is 46.2 Å². The van der Waals surface area contributed by atoms with Gasteiger partial charge in [0.15, 0.2) is 11.5 Å². The Morgan fingerprint density at radius 1 is 0.667 bits per heavy atom. The lowest BCUT2D eigenvalue weighted by molar-refractivity contribution is 0.0275. The highest BCUT2D eigenvalue weighted by molar-refractivity contribution is 5.45. The van der Waals surface area contributed by atoms with Gasteiger partial charge in [0.25, 0.3) is 0 Å². The molecule has 1 fully saturated rings. The standard InChI is InChI=1S/C22H28O5/c1-13-14(2)22(17-12-16(23-3)8-10-18(17)24-4)27-21(13)15-7-9-19(25-5)20(11-15)26-6/h7-14,21-22H,1-6H3/t13-,14+,21-,22-/m1/s1. The largest absolute Gasteiger partial charge is 0.497 e. The molecule has 0 radical (unpaired) electrons. The molecule has 1 aliphatic heterocycles. The van der Waals surface area contributed by atoms with Crippen LogP contribution in [0.5, 0.6) is 23.0 Å². The smallest absolute Gasteiger partial charge is 0.161 e. The minimum Gasteiger partial charge on any atom is -0.497 e. The number of ether oxygens (including phenoxy) is 5. The van der Waals surface area contributed by atoms with Crippen molar-refractivity contribution >= 4 is 0 Å². The summed E-state index contributed by atoms with van der Waals surface area (Å²) < 4.78 is 28.3. The van der Waals surface area contributed by atoms with Crippen molar-refractivity contribution < 1.29 is 23.7 Å². The first kappa shape index (κ1) is 19.4. The van der Waals surface area contributed by atoms with E-state index in [-0.39, 0.29) is 12.2 Å². The SMILES string of the molecule is COc1ccc(OC)c([C@@H]2O[C@@H](c3ccc(OC)c(OC)c3)[C@H](C)[C@@H]2C)c1. The maximum Gasteiger partial charge on any atom is 0.161 e. The number of hydrogen-bond donors (Lipinski definition) is 0. The predicted octanol–water partition coefficient (Wildman–Crippen LogP) is 4.81. The van der Waals surface area contributed by atoms with Gasteiger partial charge >= 0.3 is 0 Å². The molecule has 0 N–H and O–H groups in total. The Hall–Kier alpha value is -2.40. The minimum atomic E-state index is -0.0804. The predicted molar refractivity (Wildman–Crippen MR) is 104 cm³/mol. The Labute approximate surface area is 161 Å². The van der Waals surface area contributed by atoms with E-state index in [1.54, 1.807) is 28.4 Å². The highest BCUT2D eigenvalue weighted by Crippen LogP contribution is 2.51. The molecule has 0 amide bonds. The molecule has 0 aliphatic carbocycles. The minimum absolute atomic E-state index is 0.0410. The molecule has 0 unspecified atom stereocenters. The number of rotatable bonds is 6. The fraction of sp³-hybridized carbons (Fsp3) is 0.455. The van der Waals surface area contributed by atoms with Gasteiger partial charge in [-0.1, -0.05) is 19.9 Å². The summed E-state index contributed by atoms with van der Waals surface area (Å²) in [5.41, 5.74) is 2.09. The van der Waals surface area contributed by atoms with Gasteiger partial charge < -0.3 is 23.7 Å². The van der Waals surface area contributed by atoms with Crippen molar-refractivity contribution in [1.82, 2.24) is 0 Å². The number of benzene rings is 2. The van der Waals surface area contributed by atoms with Gasteiger partial charge in [-0.05, 0) is 47.7 Å². The van der Waals surface area contributed by atoms with E-state index in [9.17, 15) is 0 Å². The normalized spacial score (nSPS) is 24.5. The monoisotopic (exact) mass is 372 g/mol.